The van der Waals surface area contributed by atoms with Gasteiger partial charge < -0.3 is 5.11 Å². The van der Waals surface area contributed by atoms with Gasteiger partial charge in [0.15, 0.2) is 0 Å². The fraction of sp³-hybridized carbons (Fsp3) is 0.571. The zero-order valence-electron chi connectivity index (χ0n) is 11.6. The summed E-state index contributed by atoms with van der Waals surface area (Å²) in [6, 6.07) is 3.20. The van der Waals surface area contributed by atoms with Crippen molar-refractivity contribution in [3.8, 4) is 0 Å². The van der Waals surface area contributed by atoms with E-state index in [2.05, 4.69) is 4.72 Å². The third-order valence-electron chi connectivity index (χ3n) is 4.02. The first kappa shape index (κ1) is 16.7. The van der Waals surface area contributed by atoms with E-state index in [0.29, 0.717) is 0 Å². The fourth-order valence-electron chi connectivity index (χ4n) is 2.78. The van der Waals surface area contributed by atoms with Crippen molar-refractivity contribution in [3.63, 3.8) is 0 Å². The maximum atomic E-state index is 13.0. The Balaban J connectivity index is 2.07. The molecule has 0 aromatic heterocycles. The molecule has 118 valence electrons. The molecule has 1 saturated carbocycles. The largest absolute Gasteiger partial charge is 0.396 e. The van der Waals surface area contributed by atoms with Gasteiger partial charge in [-0.1, -0.05) is 24.4 Å². The molecule has 1 fully saturated rings. The average Bonchev–Trinajstić information content (AvgIpc) is 2.45. The number of aliphatic hydroxyl groups is 1. The van der Waals surface area contributed by atoms with Gasteiger partial charge >= 0.3 is 0 Å². The van der Waals surface area contributed by atoms with Gasteiger partial charge in [-0.05, 0) is 42.9 Å². The summed E-state index contributed by atoms with van der Waals surface area (Å²) in [6.07, 6.45) is 3.92. The van der Waals surface area contributed by atoms with Crippen LogP contribution in [0.4, 0.5) is 4.39 Å². The van der Waals surface area contributed by atoms with Gasteiger partial charge in [0.25, 0.3) is 0 Å². The Morgan fingerprint density at radius 2 is 1.95 bits per heavy atom. The van der Waals surface area contributed by atoms with E-state index in [1.54, 1.807) is 0 Å². The van der Waals surface area contributed by atoms with E-state index in [-0.39, 0.29) is 34.9 Å². The van der Waals surface area contributed by atoms with Crippen molar-refractivity contribution >= 4 is 21.6 Å². The molecular formula is C14H19ClFNO3S. The Hall–Kier alpha value is -0.690. The normalized spacial score (nSPS) is 23.2. The fourth-order valence-corrected chi connectivity index (χ4v) is 4.40. The molecule has 2 atom stereocenters. The summed E-state index contributed by atoms with van der Waals surface area (Å²) in [4.78, 5) is -0.123. The first-order valence-electron chi connectivity index (χ1n) is 6.99. The van der Waals surface area contributed by atoms with Gasteiger partial charge in [0.05, 0.1) is 5.02 Å². The van der Waals surface area contributed by atoms with Gasteiger partial charge in [0, 0.05) is 13.2 Å². The third-order valence-corrected chi connectivity index (χ3v) is 5.93. The molecule has 2 rings (SSSR count). The van der Waals surface area contributed by atoms with E-state index in [0.717, 1.165) is 43.9 Å². The molecule has 0 heterocycles. The molecule has 0 spiro atoms. The molecule has 2 unspecified atom stereocenters. The Morgan fingerprint density at radius 1 is 1.29 bits per heavy atom. The highest BCUT2D eigenvalue weighted by Crippen LogP contribution is 2.30. The van der Waals surface area contributed by atoms with Crippen LogP contribution in [-0.2, 0) is 10.0 Å². The lowest BCUT2D eigenvalue weighted by Crippen LogP contribution is -2.35. The standard InChI is InChI=1S/C14H19ClFNO3S/c15-13-7-12(16)5-6-14(13)21(19,20)17-8-10-3-1-2-4-11(10)9-18/h5-7,10-11,17-18H,1-4,8-9H2. The lowest BCUT2D eigenvalue weighted by Gasteiger charge is -2.30. The molecule has 0 saturated heterocycles. The maximum absolute atomic E-state index is 13.0. The van der Waals surface area contributed by atoms with Crippen molar-refractivity contribution in [2.75, 3.05) is 13.2 Å². The topological polar surface area (TPSA) is 66.4 Å². The highest BCUT2D eigenvalue weighted by Gasteiger charge is 2.27. The molecule has 7 heteroatoms. The molecule has 4 nitrogen and oxygen atoms in total. The summed E-state index contributed by atoms with van der Waals surface area (Å²) in [5.74, 6) is -0.325. The van der Waals surface area contributed by atoms with Crippen molar-refractivity contribution in [1.29, 1.82) is 0 Å². The minimum atomic E-state index is -3.77. The highest BCUT2D eigenvalue weighted by molar-refractivity contribution is 7.89. The zero-order valence-corrected chi connectivity index (χ0v) is 13.1. The molecule has 0 bridgehead atoms. The number of halogens is 2. The summed E-state index contributed by atoms with van der Waals surface area (Å²) < 4.78 is 39.9. The number of sulfonamides is 1. The van der Waals surface area contributed by atoms with Crippen molar-refractivity contribution in [2.24, 2.45) is 11.8 Å². The lowest BCUT2D eigenvalue weighted by atomic mass is 9.80. The molecule has 0 aliphatic heterocycles. The van der Waals surface area contributed by atoms with Gasteiger partial charge in [-0.2, -0.15) is 0 Å². The SMILES string of the molecule is O=S(=O)(NCC1CCCCC1CO)c1ccc(F)cc1Cl. The van der Waals surface area contributed by atoms with Crippen LogP contribution in [0.25, 0.3) is 0 Å². The van der Waals surface area contributed by atoms with Crippen molar-refractivity contribution in [3.05, 3.63) is 29.0 Å². The minimum Gasteiger partial charge on any atom is -0.396 e. The lowest BCUT2D eigenvalue weighted by molar-refractivity contribution is 0.136. The van der Waals surface area contributed by atoms with Crippen LogP contribution in [0.15, 0.2) is 23.1 Å². The second-order valence-electron chi connectivity index (χ2n) is 5.41. The number of nitrogens with one attached hydrogen (secondary N) is 1. The predicted octanol–water partition coefficient (Wildman–Crippen LogP) is 2.56. The van der Waals surface area contributed by atoms with Crippen LogP contribution < -0.4 is 4.72 Å². The van der Waals surface area contributed by atoms with E-state index in [9.17, 15) is 17.9 Å². The van der Waals surface area contributed by atoms with Crippen LogP contribution in [0.5, 0.6) is 0 Å². The smallest absolute Gasteiger partial charge is 0.242 e. The monoisotopic (exact) mass is 335 g/mol. The van der Waals surface area contributed by atoms with Gasteiger partial charge in [0.2, 0.25) is 10.0 Å². The first-order chi connectivity index (χ1) is 9.94. The second-order valence-corrected chi connectivity index (χ2v) is 7.56. The minimum absolute atomic E-state index is 0.0731. The molecule has 1 aliphatic rings. The Kier molecular flexibility index (Phi) is 5.60. The van der Waals surface area contributed by atoms with Crippen molar-refractivity contribution in [1.82, 2.24) is 4.72 Å². The molecule has 21 heavy (non-hydrogen) atoms. The number of rotatable bonds is 5. The van der Waals surface area contributed by atoms with Crippen LogP contribution in [0.1, 0.15) is 25.7 Å². The van der Waals surface area contributed by atoms with Gasteiger partial charge in [-0.25, -0.2) is 17.5 Å². The van der Waals surface area contributed by atoms with E-state index in [4.69, 9.17) is 11.6 Å². The van der Waals surface area contributed by atoms with Crippen molar-refractivity contribution in [2.45, 2.75) is 30.6 Å². The Morgan fingerprint density at radius 3 is 2.57 bits per heavy atom. The van der Waals surface area contributed by atoms with E-state index in [1.165, 1.54) is 0 Å². The van der Waals surface area contributed by atoms with Crippen LogP contribution in [0.3, 0.4) is 0 Å². The van der Waals surface area contributed by atoms with Gasteiger partial charge in [0.1, 0.15) is 10.7 Å². The maximum Gasteiger partial charge on any atom is 0.242 e. The van der Waals surface area contributed by atoms with Gasteiger partial charge in [-0.15, -0.1) is 0 Å². The summed E-state index contributed by atoms with van der Waals surface area (Å²) >= 11 is 5.79. The van der Waals surface area contributed by atoms with Crippen LogP contribution >= 0.6 is 11.6 Å². The molecule has 1 aromatic rings. The molecule has 0 radical (unpaired) electrons. The van der Waals surface area contributed by atoms with E-state index >= 15 is 0 Å². The first-order valence-corrected chi connectivity index (χ1v) is 8.85. The number of benzene rings is 1. The van der Waals surface area contributed by atoms with E-state index < -0.39 is 15.8 Å². The van der Waals surface area contributed by atoms with Gasteiger partial charge in [-0.3, -0.25) is 0 Å². The third kappa shape index (κ3) is 4.16. The summed E-state index contributed by atoms with van der Waals surface area (Å²) in [5.41, 5.74) is 0. The zero-order chi connectivity index (χ0) is 15.5. The molecule has 0 amide bonds. The summed E-state index contributed by atoms with van der Waals surface area (Å²) in [7, 11) is -3.77. The molecular weight excluding hydrogens is 317 g/mol. The summed E-state index contributed by atoms with van der Waals surface area (Å²) in [5, 5.41) is 9.21. The summed E-state index contributed by atoms with van der Waals surface area (Å²) in [6.45, 7) is 0.338. The van der Waals surface area contributed by atoms with Crippen LogP contribution in [0.2, 0.25) is 5.02 Å². The predicted molar refractivity (Wildman–Crippen MR) is 79.1 cm³/mol. The number of hydrogen-bond acceptors (Lipinski definition) is 3. The Labute approximate surface area is 129 Å². The molecule has 2 N–H and O–H groups in total. The van der Waals surface area contributed by atoms with Crippen LogP contribution in [0, 0.1) is 17.7 Å². The van der Waals surface area contributed by atoms with E-state index in [1.807, 2.05) is 0 Å². The number of hydrogen-bond donors (Lipinski definition) is 2. The highest BCUT2D eigenvalue weighted by atomic mass is 35.5. The quantitative estimate of drug-likeness (QED) is 0.869. The second kappa shape index (κ2) is 7.05. The molecule has 1 aliphatic carbocycles. The van der Waals surface area contributed by atoms with Crippen LogP contribution in [-0.4, -0.2) is 26.7 Å². The average molecular weight is 336 g/mol. The van der Waals surface area contributed by atoms with Crippen molar-refractivity contribution < 1.29 is 17.9 Å². The molecule has 1 aromatic carbocycles. The Bertz CT molecular complexity index is 594. The number of aliphatic hydroxyl groups excluding tert-OH is 1.